The van der Waals surface area contributed by atoms with E-state index in [1.807, 2.05) is 19.9 Å². The van der Waals surface area contributed by atoms with Gasteiger partial charge in [0.1, 0.15) is 17.3 Å². The van der Waals surface area contributed by atoms with Gasteiger partial charge in [-0.05, 0) is 26.3 Å². The van der Waals surface area contributed by atoms with Crippen molar-refractivity contribution in [3.63, 3.8) is 0 Å². The molecule has 0 bridgehead atoms. The molecule has 0 atom stereocenters. The van der Waals surface area contributed by atoms with Crippen LogP contribution in [0.3, 0.4) is 0 Å². The van der Waals surface area contributed by atoms with Crippen LogP contribution in [0.1, 0.15) is 30.7 Å². The van der Waals surface area contributed by atoms with Crippen molar-refractivity contribution in [1.29, 1.82) is 0 Å². The van der Waals surface area contributed by atoms with Crippen LogP contribution in [0.25, 0.3) is 11.4 Å². The van der Waals surface area contributed by atoms with Gasteiger partial charge in [0, 0.05) is 6.42 Å². The Balaban J connectivity index is 2.32. The molecule has 2 aromatic rings. The lowest BCUT2D eigenvalue weighted by atomic mass is 10.2. The van der Waals surface area contributed by atoms with Crippen LogP contribution in [0.4, 0.5) is 0 Å². The Hall–Kier alpha value is -1.58. The molecule has 0 saturated heterocycles. The van der Waals surface area contributed by atoms with E-state index < -0.39 is 0 Å². The van der Waals surface area contributed by atoms with Crippen LogP contribution in [0.2, 0.25) is 0 Å². The van der Waals surface area contributed by atoms with Crippen molar-refractivity contribution < 1.29 is 4.42 Å². The number of H-pyrrole nitrogens is 1. The Morgan fingerprint density at radius 2 is 2.20 bits per heavy atom. The van der Waals surface area contributed by atoms with Crippen LogP contribution < -0.4 is 0 Å². The number of furan rings is 1. The largest absolute Gasteiger partial charge is 0.466 e. The number of rotatable bonds is 3. The molecule has 0 amide bonds. The van der Waals surface area contributed by atoms with Crippen LogP contribution in [0, 0.1) is 13.8 Å². The minimum absolute atomic E-state index is 0.729. The van der Waals surface area contributed by atoms with E-state index in [9.17, 15) is 0 Å². The van der Waals surface area contributed by atoms with Crippen molar-refractivity contribution in [2.75, 3.05) is 0 Å². The SMILES string of the molecule is CCCc1nc(-c2cc(C)oc2C)n[nH]1. The van der Waals surface area contributed by atoms with Gasteiger partial charge in [0.25, 0.3) is 0 Å². The van der Waals surface area contributed by atoms with Gasteiger partial charge in [0.15, 0.2) is 5.82 Å². The second-order valence-corrected chi connectivity index (χ2v) is 3.68. The summed E-state index contributed by atoms with van der Waals surface area (Å²) in [6.07, 6.45) is 2.00. The highest BCUT2D eigenvalue weighted by atomic mass is 16.3. The number of aromatic amines is 1. The number of nitrogens with one attached hydrogen (secondary N) is 1. The highest BCUT2D eigenvalue weighted by Gasteiger charge is 2.11. The normalized spacial score (nSPS) is 10.9. The third kappa shape index (κ3) is 1.93. The molecule has 0 radical (unpaired) electrons. The Morgan fingerprint density at radius 3 is 2.80 bits per heavy atom. The monoisotopic (exact) mass is 205 g/mol. The average molecular weight is 205 g/mol. The Bertz CT molecular complexity index is 456. The van der Waals surface area contributed by atoms with Gasteiger partial charge in [-0.3, -0.25) is 5.10 Å². The van der Waals surface area contributed by atoms with Gasteiger partial charge in [-0.2, -0.15) is 5.10 Å². The predicted octanol–water partition coefficient (Wildman–Crippen LogP) is 2.63. The molecule has 15 heavy (non-hydrogen) atoms. The van der Waals surface area contributed by atoms with E-state index in [1.165, 1.54) is 0 Å². The second-order valence-electron chi connectivity index (χ2n) is 3.68. The molecule has 2 rings (SSSR count). The number of aryl methyl sites for hydroxylation is 3. The topological polar surface area (TPSA) is 54.7 Å². The summed E-state index contributed by atoms with van der Waals surface area (Å²) in [7, 11) is 0. The van der Waals surface area contributed by atoms with Crippen molar-refractivity contribution in [2.24, 2.45) is 0 Å². The van der Waals surface area contributed by atoms with Crippen molar-refractivity contribution in [3.8, 4) is 11.4 Å². The van der Waals surface area contributed by atoms with Crippen LogP contribution in [0.15, 0.2) is 10.5 Å². The summed E-state index contributed by atoms with van der Waals surface area (Å²) < 4.78 is 5.44. The van der Waals surface area contributed by atoms with E-state index in [2.05, 4.69) is 22.1 Å². The highest BCUT2D eigenvalue weighted by molar-refractivity contribution is 5.57. The zero-order valence-electron chi connectivity index (χ0n) is 9.29. The van der Waals surface area contributed by atoms with Gasteiger partial charge in [-0.25, -0.2) is 4.98 Å². The molecular formula is C11H15N3O. The van der Waals surface area contributed by atoms with Gasteiger partial charge < -0.3 is 4.42 Å². The summed E-state index contributed by atoms with van der Waals surface area (Å²) in [4.78, 5) is 4.42. The Morgan fingerprint density at radius 1 is 1.40 bits per heavy atom. The number of hydrogen-bond donors (Lipinski definition) is 1. The smallest absolute Gasteiger partial charge is 0.184 e. The Kier molecular flexibility index (Phi) is 2.58. The van der Waals surface area contributed by atoms with E-state index in [0.717, 1.165) is 41.6 Å². The molecule has 4 nitrogen and oxygen atoms in total. The number of nitrogens with zero attached hydrogens (tertiary/aromatic N) is 2. The summed E-state index contributed by atoms with van der Waals surface area (Å²) in [5.74, 6) is 3.43. The zero-order chi connectivity index (χ0) is 10.8. The van der Waals surface area contributed by atoms with Gasteiger partial charge in [0.05, 0.1) is 5.56 Å². The van der Waals surface area contributed by atoms with Gasteiger partial charge in [-0.1, -0.05) is 6.92 Å². The maximum atomic E-state index is 5.44. The molecule has 0 fully saturated rings. The van der Waals surface area contributed by atoms with Crippen molar-refractivity contribution in [1.82, 2.24) is 15.2 Å². The third-order valence-corrected chi connectivity index (χ3v) is 2.30. The van der Waals surface area contributed by atoms with E-state index in [1.54, 1.807) is 0 Å². The van der Waals surface area contributed by atoms with Crippen molar-refractivity contribution in [3.05, 3.63) is 23.4 Å². The molecule has 1 N–H and O–H groups in total. The van der Waals surface area contributed by atoms with Crippen LogP contribution in [-0.2, 0) is 6.42 Å². The van der Waals surface area contributed by atoms with E-state index in [4.69, 9.17) is 4.42 Å². The summed E-state index contributed by atoms with van der Waals surface area (Å²) in [5.41, 5.74) is 0.978. The molecule has 4 heteroatoms. The van der Waals surface area contributed by atoms with Crippen LogP contribution in [-0.4, -0.2) is 15.2 Å². The maximum absolute atomic E-state index is 5.44. The molecule has 80 valence electrons. The van der Waals surface area contributed by atoms with E-state index in [-0.39, 0.29) is 0 Å². The van der Waals surface area contributed by atoms with E-state index in [0.29, 0.717) is 0 Å². The lowest BCUT2D eigenvalue weighted by molar-refractivity contribution is 0.505. The molecule has 0 unspecified atom stereocenters. The lowest BCUT2D eigenvalue weighted by Gasteiger charge is -1.89. The van der Waals surface area contributed by atoms with Crippen LogP contribution >= 0.6 is 0 Å². The lowest BCUT2D eigenvalue weighted by Crippen LogP contribution is -1.85. The second kappa shape index (κ2) is 3.88. The first-order valence-corrected chi connectivity index (χ1v) is 5.19. The molecular weight excluding hydrogens is 190 g/mol. The van der Waals surface area contributed by atoms with Gasteiger partial charge >= 0.3 is 0 Å². The number of aromatic nitrogens is 3. The minimum atomic E-state index is 0.729. The maximum Gasteiger partial charge on any atom is 0.184 e. The summed E-state index contributed by atoms with van der Waals surface area (Å²) >= 11 is 0. The standard InChI is InChI=1S/C11H15N3O/c1-4-5-10-12-11(14-13-10)9-6-7(2)15-8(9)3/h6H,4-5H2,1-3H3,(H,12,13,14). The first kappa shape index (κ1) is 9.96. The third-order valence-electron chi connectivity index (χ3n) is 2.30. The van der Waals surface area contributed by atoms with Crippen LogP contribution in [0.5, 0.6) is 0 Å². The average Bonchev–Trinajstić information content (AvgIpc) is 2.73. The highest BCUT2D eigenvalue weighted by Crippen LogP contribution is 2.23. The van der Waals surface area contributed by atoms with Gasteiger partial charge in [0.2, 0.25) is 0 Å². The molecule has 2 heterocycles. The zero-order valence-corrected chi connectivity index (χ0v) is 9.29. The molecule has 0 spiro atoms. The fourth-order valence-corrected chi connectivity index (χ4v) is 1.62. The summed E-state index contributed by atoms with van der Waals surface area (Å²) in [6, 6.07) is 1.97. The fourth-order valence-electron chi connectivity index (χ4n) is 1.62. The Labute approximate surface area is 88.7 Å². The molecule has 0 saturated carbocycles. The first-order chi connectivity index (χ1) is 7.20. The number of hydrogen-bond acceptors (Lipinski definition) is 3. The molecule has 0 aromatic carbocycles. The molecule has 2 aromatic heterocycles. The minimum Gasteiger partial charge on any atom is -0.466 e. The molecule has 0 aliphatic rings. The molecule has 0 aliphatic heterocycles. The molecule has 0 aliphatic carbocycles. The summed E-state index contributed by atoms with van der Waals surface area (Å²) in [6.45, 7) is 5.98. The van der Waals surface area contributed by atoms with Crippen molar-refractivity contribution >= 4 is 0 Å². The summed E-state index contributed by atoms with van der Waals surface area (Å²) in [5, 5.41) is 7.12. The first-order valence-electron chi connectivity index (χ1n) is 5.19. The van der Waals surface area contributed by atoms with Crippen molar-refractivity contribution in [2.45, 2.75) is 33.6 Å². The quantitative estimate of drug-likeness (QED) is 0.838. The van der Waals surface area contributed by atoms with Gasteiger partial charge in [-0.15, -0.1) is 0 Å². The van der Waals surface area contributed by atoms with E-state index >= 15 is 0 Å². The fraction of sp³-hybridized carbons (Fsp3) is 0.455. The predicted molar refractivity (Wildman–Crippen MR) is 57.6 cm³/mol.